The number of hydrogen-bond donors (Lipinski definition) is 0. The third kappa shape index (κ3) is 1.37. The van der Waals surface area contributed by atoms with E-state index in [9.17, 15) is 8.78 Å². The van der Waals surface area contributed by atoms with Crippen molar-refractivity contribution >= 4 is 10.9 Å². The van der Waals surface area contributed by atoms with Gasteiger partial charge in [-0.2, -0.15) is 0 Å². The van der Waals surface area contributed by atoms with Gasteiger partial charge in [-0.25, -0.2) is 8.78 Å². The summed E-state index contributed by atoms with van der Waals surface area (Å²) < 4.78 is 24.9. The van der Waals surface area contributed by atoms with Gasteiger partial charge < -0.3 is 0 Å². The standard InChI is InChI=1S/C10H7F2N/c11-10(12)8-3-1-5-9-7(8)4-2-6-13-9/h1-6,10H. The fourth-order valence-corrected chi connectivity index (χ4v) is 1.32. The summed E-state index contributed by atoms with van der Waals surface area (Å²) in [6.07, 6.45) is -0.842. The minimum atomic E-state index is -2.44. The molecule has 0 N–H and O–H groups in total. The fourth-order valence-electron chi connectivity index (χ4n) is 1.32. The van der Waals surface area contributed by atoms with Crippen LogP contribution in [0.25, 0.3) is 10.9 Å². The zero-order chi connectivity index (χ0) is 9.26. The minimum absolute atomic E-state index is 0.0469. The van der Waals surface area contributed by atoms with E-state index in [0.717, 1.165) is 0 Å². The van der Waals surface area contributed by atoms with Crippen molar-refractivity contribution in [3.63, 3.8) is 0 Å². The molecule has 0 saturated heterocycles. The van der Waals surface area contributed by atoms with Crippen molar-refractivity contribution in [1.29, 1.82) is 0 Å². The Morgan fingerprint density at radius 2 is 1.92 bits per heavy atom. The predicted molar refractivity (Wildman–Crippen MR) is 46.7 cm³/mol. The number of aromatic nitrogens is 1. The van der Waals surface area contributed by atoms with E-state index in [1.807, 2.05) is 0 Å². The monoisotopic (exact) mass is 179 g/mol. The lowest BCUT2D eigenvalue weighted by Gasteiger charge is -2.03. The van der Waals surface area contributed by atoms with Gasteiger partial charge in [-0.05, 0) is 12.1 Å². The second-order valence-electron chi connectivity index (χ2n) is 2.72. The van der Waals surface area contributed by atoms with E-state index in [1.54, 1.807) is 30.5 Å². The Morgan fingerprint density at radius 1 is 1.08 bits per heavy atom. The van der Waals surface area contributed by atoms with E-state index in [1.165, 1.54) is 6.07 Å². The molecular weight excluding hydrogens is 172 g/mol. The van der Waals surface area contributed by atoms with Gasteiger partial charge in [0.1, 0.15) is 0 Å². The first-order valence-corrected chi connectivity index (χ1v) is 3.91. The maximum Gasteiger partial charge on any atom is 0.264 e. The molecule has 1 aromatic carbocycles. The van der Waals surface area contributed by atoms with Crippen molar-refractivity contribution < 1.29 is 8.78 Å². The van der Waals surface area contributed by atoms with E-state index in [0.29, 0.717) is 10.9 Å². The molecule has 0 radical (unpaired) electrons. The van der Waals surface area contributed by atoms with Crippen molar-refractivity contribution in [2.75, 3.05) is 0 Å². The lowest BCUT2D eigenvalue weighted by atomic mass is 10.1. The molecule has 0 bridgehead atoms. The summed E-state index contributed by atoms with van der Waals surface area (Å²) in [4.78, 5) is 3.99. The second kappa shape index (κ2) is 3.09. The van der Waals surface area contributed by atoms with E-state index in [4.69, 9.17) is 0 Å². The number of nitrogens with zero attached hydrogens (tertiary/aromatic N) is 1. The molecular formula is C10H7F2N. The van der Waals surface area contributed by atoms with Crippen molar-refractivity contribution in [3.8, 4) is 0 Å². The maximum atomic E-state index is 12.5. The summed E-state index contributed by atoms with van der Waals surface area (Å²) in [5.74, 6) is 0. The zero-order valence-corrected chi connectivity index (χ0v) is 6.74. The Balaban J connectivity index is 2.76. The summed E-state index contributed by atoms with van der Waals surface area (Å²) >= 11 is 0. The smallest absolute Gasteiger partial charge is 0.256 e. The first-order valence-electron chi connectivity index (χ1n) is 3.91. The molecule has 2 rings (SSSR count). The van der Waals surface area contributed by atoms with E-state index in [-0.39, 0.29) is 5.56 Å². The van der Waals surface area contributed by atoms with Crippen LogP contribution in [-0.4, -0.2) is 4.98 Å². The Labute approximate surface area is 74.0 Å². The summed E-state index contributed by atoms with van der Waals surface area (Å²) in [5, 5.41) is 0.528. The zero-order valence-electron chi connectivity index (χ0n) is 6.74. The van der Waals surface area contributed by atoms with Crippen molar-refractivity contribution in [3.05, 3.63) is 42.1 Å². The van der Waals surface area contributed by atoms with Gasteiger partial charge in [0.05, 0.1) is 5.52 Å². The van der Waals surface area contributed by atoms with Gasteiger partial charge in [-0.3, -0.25) is 4.98 Å². The number of benzene rings is 1. The summed E-state index contributed by atoms with van der Waals surface area (Å²) in [7, 11) is 0. The lowest BCUT2D eigenvalue weighted by molar-refractivity contribution is 0.153. The Hall–Kier alpha value is -1.51. The highest BCUT2D eigenvalue weighted by Gasteiger charge is 2.10. The van der Waals surface area contributed by atoms with Crippen LogP contribution in [0.1, 0.15) is 12.0 Å². The molecule has 0 amide bonds. The molecule has 0 aliphatic carbocycles. The number of fused-ring (bicyclic) bond motifs is 1. The van der Waals surface area contributed by atoms with Crippen molar-refractivity contribution in [2.45, 2.75) is 6.43 Å². The highest BCUT2D eigenvalue weighted by molar-refractivity contribution is 5.82. The van der Waals surface area contributed by atoms with Crippen LogP contribution < -0.4 is 0 Å². The van der Waals surface area contributed by atoms with Crippen molar-refractivity contribution in [1.82, 2.24) is 4.98 Å². The van der Waals surface area contributed by atoms with Gasteiger partial charge in [0.2, 0.25) is 0 Å². The molecule has 1 heterocycles. The first-order chi connectivity index (χ1) is 6.29. The van der Waals surface area contributed by atoms with Gasteiger partial charge in [-0.1, -0.05) is 18.2 Å². The molecule has 1 aromatic heterocycles. The molecule has 3 heteroatoms. The molecule has 0 saturated carbocycles. The summed E-state index contributed by atoms with van der Waals surface area (Å²) in [6.45, 7) is 0. The first kappa shape index (κ1) is 8.10. The topological polar surface area (TPSA) is 12.9 Å². The minimum Gasteiger partial charge on any atom is -0.256 e. The van der Waals surface area contributed by atoms with Gasteiger partial charge in [0.25, 0.3) is 6.43 Å². The van der Waals surface area contributed by atoms with Crippen LogP contribution in [0.15, 0.2) is 36.5 Å². The van der Waals surface area contributed by atoms with Crippen LogP contribution in [0.3, 0.4) is 0 Å². The second-order valence-corrected chi connectivity index (χ2v) is 2.72. The predicted octanol–water partition coefficient (Wildman–Crippen LogP) is 3.17. The van der Waals surface area contributed by atoms with Gasteiger partial charge in [0, 0.05) is 17.1 Å². The van der Waals surface area contributed by atoms with Crippen LogP contribution in [0, 0.1) is 0 Å². The largest absolute Gasteiger partial charge is 0.264 e. The highest BCUT2D eigenvalue weighted by atomic mass is 19.3. The van der Waals surface area contributed by atoms with Crippen LogP contribution in [0.5, 0.6) is 0 Å². The fraction of sp³-hybridized carbons (Fsp3) is 0.100. The number of halogens is 2. The summed E-state index contributed by atoms with van der Waals surface area (Å²) in [5.41, 5.74) is 0.658. The van der Waals surface area contributed by atoms with Gasteiger partial charge in [-0.15, -0.1) is 0 Å². The molecule has 0 aliphatic rings. The lowest BCUT2D eigenvalue weighted by Crippen LogP contribution is -1.87. The molecule has 13 heavy (non-hydrogen) atoms. The molecule has 2 aromatic rings. The third-order valence-electron chi connectivity index (χ3n) is 1.91. The van der Waals surface area contributed by atoms with Gasteiger partial charge in [0.15, 0.2) is 0 Å². The van der Waals surface area contributed by atoms with E-state index >= 15 is 0 Å². The quantitative estimate of drug-likeness (QED) is 0.655. The molecule has 0 fully saturated rings. The molecule has 0 unspecified atom stereocenters. The molecule has 0 spiro atoms. The molecule has 0 aliphatic heterocycles. The molecule has 0 atom stereocenters. The van der Waals surface area contributed by atoms with Crippen LogP contribution in [0.2, 0.25) is 0 Å². The number of pyridine rings is 1. The normalized spacial score (nSPS) is 11.0. The Bertz CT molecular complexity index is 421. The Morgan fingerprint density at radius 3 is 2.69 bits per heavy atom. The van der Waals surface area contributed by atoms with E-state index < -0.39 is 6.43 Å². The molecule has 1 nitrogen and oxygen atoms in total. The third-order valence-corrected chi connectivity index (χ3v) is 1.91. The summed E-state index contributed by atoms with van der Waals surface area (Å²) in [6, 6.07) is 8.06. The Kier molecular flexibility index (Phi) is 1.93. The van der Waals surface area contributed by atoms with Crippen LogP contribution >= 0.6 is 0 Å². The molecule has 66 valence electrons. The van der Waals surface area contributed by atoms with Crippen LogP contribution in [-0.2, 0) is 0 Å². The average molecular weight is 179 g/mol. The SMILES string of the molecule is FC(F)c1cccc2ncccc12. The number of rotatable bonds is 1. The van der Waals surface area contributed by atoms with E-state index in [2.05, 4.69) is 4.98 Å². The van der Waals surface area contributed by atoms with Gasteiger partial charge >= 0.3 is 0 Å². The van der Waals surface area contributed by atoms with Crippen LogP contribution in [0.4, 0.5) is 8.78 Å². The number of alkyl halides is 2. The van der Waals surface area contributed by atoms with Crippen molar-refractivity contribution in [2.24, 2.45) is 0 Å². The average Bonchev–Trinajstić information content (AvgIpc) is 2.17. The highest BCUT2D eigenvalue weighted by Crippen LogP contribution is 2.25. The maximum absolute atomic E-state index is 12.5. The number of hydrogen-bond acceptors (Lipinski definition) is 1.